The highest BCUT2D eigenvalue weighted by Gasteiger charge is 2.04. The van der Waals surface area contributed by atoms with Gasteiger partial charge in [0.2, 0.25) is 0 Å². The molecule has 3 N–H and O–H groups in total. The maximum absolute atomic E-state index is 12.7. The van der Waals surface area contributed by atoms with Crippen LogP contribution in [0.25, 0.3) is 0 Å². The molecular formula is C9H13FN2O2. The molecule has 0 unspecified atom stereocenters. The zero-order chi connectivity index (χ0) is 10.4. The lowest BCUT2D eigenvalue weighted by atomic mass is 10.2. The van der Waals surface area contributed by atoms with Crippen LogP contribution in [0.3, 0.4) is 0 Å². The summed E-state index contributed by atoms with van der Waals surface area (Å²) in [6.07, 6.45) is 2.65. The third kappa shape index (κ3) is 3.37. The summed E-state index contributed by atoms with van der Waals surface area (Å²) >= 11 is 0. The van der Waals surface area contributed by atoms with Gasteiger partial charge in [-0.15, -0.1) is 0 Å². The van der Waals surface area contributed by atoms with Crippen LogP contribution in [0.2, 0.25) is 0 Å². The fraction of sp³-hybridized carbons (Fsp3) is 0.444. The number of hydrogen-bond acceptors (Lipinski definition) is 4. The molecule has 0 aliphatic rings. The number of nitrogens with zero attached hydrogens (tertiary/aromatic N) is 1. The monoisotopic (exact) mass is 200 g/mol. The SMILES string of the molecule is OCC(CO)NCc1cncc(F)c1. The fourth-order valence-electron chi connectivity index (χ4n) is 1.00. The maximum atomic E-state index is 12.7. The van der Waals surface area contributed by atoms with Crippen molar-refractivity contribution in [2.45, 2.75) is 12.6 Å². The first-order valence-electron chi connectivity index (χ1n) is 4.30. The molecule has 1 aromatic heterocycles. The van der Waals surface area contributed by atoms with Crippen molar-refractivity contribution in [3.63, 3.8) is 0 Å². The summed E-state index contributed by atoms with van der Waals surface area (Å²) in [5.41, 5.74) is 0.678. The number of aliphatic hydroxyl groups is 2. The molecule has 0 saturated heterocycles. The van der Waals surface area contributed by atoms with Gasteiger partial charge >= 0.3 is 0 Å². The molecular weight excluding hydrogens is 187 g/mol. The van der Waals surface area contributed by atoms with Crippen LogP contribution in [0.15, 0.2) is 18.5 Å². The molecule has 1 aromatic rings. The third-order valence-electron chi connectivity index (χ3n) is 1.80. The topological polar surface area (TPSA) is 65.4 Å². The summed E-state index contributed by atoms with van der Waals surface area (Å²) in [5.74, 6) is -0.395. The average Bonchev–Trinajstić information content (AvgIpc) is 2.19. The summed E-state index contributed by atoms with van der Waals surface area (Å²) in [6.45, 7) is 0.0645. The van der Waals surface area contributed by atoms with Crippen molar-refractivity contribution >= 4 is 0 Å². The lowest BCUT2D eigenvalue weighted by molar-refractivity contribution is 0.170. The number of pyridine rings is 1. The van der Waals surface area contributed by atoms with Gasteiger partial charge in [0.25, 0.3) is 0 Å². The fourth-order valence-corrected chi connectivity index (χ4v) is 1.00. The minimum absolute atomic E-state index is 0.154. The van der Waals surface area contributed by atoms with Crippen LogP contribution in [-0.2, 0) is 6.54 Å². The van der Waals surface area contributed by atoms with E-state index in [4.69, 9.17) is 10.2 Å². The van der Waals surface area contributed by atoms with Gasteiger partial charge in [0.1, 0.15) is 5.82 Å². The van der Waals surface area contributed by atoms with Gasteiger partial charge in [-0.05, 0) is 11.6 Å². The van der Waals surface area contributed by atoms with E-state index in [1.54, 1.807) is 0 Å². The Balaban J connectivity index is 2.44. The van der Waals surface area contributed by atoms with Gasteiger partial charge in [-0.25, -0.2) is 4.39 Å². The zero-order valence-corrected chi connectivity index (χ0v) is 7.65. The smallest absolute Gasteiger partial charge is 0.141 e. The van der Waals surface area contributed by atoms with E-state index in [0.29, 0.717) is 12.1 Å². The van der Waals surface area contributed by atoms with Gasteiger partial charge < -0.3 is 15.5 Å². The van der Waals surface area contributed by atoms with Crippen LogP contribution in [0.1, 0.15) is 5.56 Å². The quantitative estimate of drug-likeness (QED) is 0.608. The van der Waals surface area contributed by atoms with Gasteiger partial charge in [-0.3, -0.25) is 4.98 Å². The standard InChI is InChI=1S/C9H13FN2O2/c10-8-1-7(2-11-4-8)3-12-9(5-13)6-14/h1-2,4,9,12-14H,3,5-6H2. The summed E-state index contributed by atoms with van der Waals surface area (Å²) in [6, 6.07) is 0.976. The van der Waals surface area contributed by atoms with E-state index >= 15 is 0 Å². The first kappa shape index (κ1) is 11.0. The second-order valence-electron chi connectivity index (χ2n) is 2.95. The van der Waals surface area contributed by atoms with Gasteiger partial charge in [-0.2, -0.15) is 0 Å². The summed E-state index contributed by atoms with van der Waals surface area (Å²) in [4.78, 5) is 3.67. The number of rotatable bonds is 5. The molecule has 0 bridgehead atoms. The molecule has 0 radical (unpaired) electrons. The Kier molecular flexibility index (Phi) is 4.45. The lowest BCUT2D eigenvalue weighted by Gasteiger charge is -2.12. The first-order valence-corrected chi connectivity index (χ1v) is 4.30. The van der Waals surface area contributed by atoms with Crippen LogP contribution in [0.5, 0.6) is 0 Å². The van der Waals surface area contributed by atoms with Gasteiger partial charge in [0, 0.05) is 12.7 Å². The number of aliphatic hydroxyl groups excluding tert-OH is 2. The molecule has 0 aromatic carbocycles. The van der Waals surface area contributed by atoms with Gasteiger partial charge in [0.05, 0.1) is 25.5 Å². The molecule has 14 heavy (non-hydrogen) atoms. The van der Waals surface area contributed by atoms with Crippen molar-refractivity contribution in [1.29, 1.82) is 0 Å². The first-order chi connectivity index (χ1) is 6.76. The Bertz CT molecular complexity index is 279. The summed E-state index contributed by atoms with van der Waals surface area (Å²) in [7, 11) is 0. The van der Waals surface area contributed by atoms with Crippen molar-refractivity contribution in [2.75, 3.05) is 13.2 Å². The molecule has 0 amide bonds. The van der Waals surface area contributed by atoms with Crippen LogP contribution in [0, 0.1) is 5.82 Å². The Labute approximate surface area is 81.4 Å². The Morgan fingerprint density at radius 1 is 1.36 bits per heavy atom. The minimum atomic E-state index is -0.395. The average molecular weight is 200 g/mol. The second kappa shape index (κ2) is 5.64. The molecule has 1 heterocycles. The highest BCUT2D eigenvalue weighted by atomic mass is 19.1. The molecule has 5 heteroatoms. The molecule has 0 saturated carbocycles. The third-order valence-corrected chi connectivity index (χ3v) is 1.80. The molecule has 0 spiro atoms. The lowest BCUT2D eigenvalue weighted by Crippen LogP contribution is -2.35. The number of hydrogen-bond donors (Lipinski definition) is 3. The van der Waals surface area contributed by atoms with Gasteiger partial charge in [0.15, 0.2) is 0 Å². The Morgan fingerprint density at radius 2 is 2.07 bits per heavy atom. The Morgan fingerprint density at radius 3 is 2.64 bits per heavy atom. The molecule has 78 valence electrons. The van der Waals surface area contributed by atoms with Crippen molar-refractivity contribution in [3.05, 3.63) is 29.8 Å². The number of halogens is 1. The molecule has 4 nitrogen and oxygen atoms in total. The highest BCUT2D eigenvalue weighted by molar-refractivity contribution is 5.09. The number of nitrogens with one attached hydrogen (secondary N) is 1. The van der Waals surface area contributed by atoms with E-state index in [0.717, 1.165) is 6.20 Å². The van der Waals surface area contributed by atoms with E-state index in [9.17, 15) is 4.39 Å². The van der Waals surface area contributed by atoms with E-state index in [1.807, 2.05) is 0 Å². The minimum Gasteiger partial charge on any atom is -0.395 e. The normalized spacial score (nSPS) is 10.9. The molecule has 0 aliphatic carbocycles. The maximum Gasteiger partial charge on any atom is 0.141 e. The van der Waals surface area contributed by atoms with Crippen molar-refractivity contribution in [2.24, 2.45) is 0 Å². The predicted octanol–water partition coefficient (Wildman–Crippen LogP) is -0.337. The van der Waals surface area contributed by atoms with Crippen molar-refractivity contribution in [3.8, 4) is 0 Å². The van der Waals surface area contributed by atoms with E-state index in [2.05, 4.69) is 10.3 Å². The van der Waals surface area contributed by atoms with Crippen LogP contribution in [-0.4, -0.2) is 34.5 Å². The zero-order valence-electron chi connectivity index (χ0n) is 7.65. The molecule has 0 fully saturated rings. The second-order valence-corrected chi connectivity index (χ2v) is 2.95. The molecule has 0 atom stereocenters. The van der Waals surface area contributed by atoms with Crippen LogP contribution in [0.4, 0.5) is 4.39 Å². The van der Waals surface area contributed by atoms with Crippen molar-refractivity contribution < 1.29 is 14.6 Å². The summed E-state index contributed by atoms with van der Waals surface area (Å²) in [5, 5.41) is 20.3. The van der Waals surface area contributed by atoms with E-state index in [-0.39, 0.29) is 19.3 Å². The largest absolute Gasteiger partial charge is 0.395 e. The highest BCUT2D eigenvalue weighted by Crippen LogP contribution is 2.00. The molecule has 1 rings (SSSR count). The number of aromatic nitrogens is 1. The molecule has 0 aliphatic heterocycles. The van der Waals surface area contributed by atoms with E-state index in [1.165, 1.54) is 12.3 Å². The Hall–Kier alpha value is -1.04. The summed E-state index contributed by atoms with van der Waals surface area (Å²) < 4.78 is 12.7. The van der Waals surface area contributed by atoms with Crippen molar-refractivity contribution in [1.82, 2.24) is 10.3 Å². The van der Waals surface area contributed by atoms with Gasteiger partial charge in [-0.1, -0.05) is 0 Å². The van der Waals surface area contributed by atoms with Crippen LogP contribution < -0.4 is 5.32 Å². The predicted molar refractivity (Wildman–Crippen MR) is 49.0 cm³/mol. The van der Waals surface area contributed by atoms with E-state index < -0.39 is 5.82 Å². The van der Waals surface area contributed by atoms with Crippen LogP contribution >= 0.6 is 0 Å².